The molecule has 0 saturated carbocycles. The molecular weight excluding hydrogens is 268 g/mol. The number of nitrogens with zero attached hydrogens (tertiary/aromatic N) is 2. The van der Waals surface area contributed by atoms with Gasteiger partial charge in [-0.15, -0.1) is 0 Å². The van der Waals surface area contributed by atoms with Crippen LogP contribution in [0.2, 0.25) is 0 Å². The summed E-state index contributed by atoms with van der Waals surface area (Å²) in [4.78, 5) is 28.9. The molecule has 3 rings (SSSR count). The highest BCUT2D eigenvalue weighted by molar-refractivity contribution is 5.94. The number of hydrogen-bond acceptors (Lipinski definition) is 4. The van der Waals surface area contributed by atoms with Gasteiger partial charge in [-0.1, -0.05) is 0 Å². The third-order valence-corrected chi connectivity index (χ3v) is 3.68. The number of aromatic hydroxyl groups is 1. The van der Waals surface area contributed by atoms with Crippen LogP contribution >= 0.6 is 0 Å². The van der Waals surface area contributed by atoms with E-state index in [2.05, 4.69) is 4.98 Å². The predicted octanol–water partition coefficient (Wildman–Crippen LogP) is 1.80. The molecule has 2 aromatic rings. The summed E-state index contributed by atoms with van der Waals surface area (Å²) in [5.74, 6) is -0.118. The Balaban J connectivity index is 1.86. The largest absolute Gasteiger partial charge is 0.507 e. The van der Waals surface area contributed by atoms with Crippen molar-refractivity contribution < 1.29 is 14.7 Å². The Kier molecular flexibility index (Phi) is 3.39. The highest BCUT2D eigenvalue weighted by Gasteiger charge is 2.23. The summed E-state index contributed by atoms with van der Waals surface area (Å²) in [7, 11) is 0. The second-order valence-corrected chi connectivity index (χ2v) is 5.02. The minimum atomic E-state index is -0.0762. The van der Waals surface area contributed by atoms with E-state index < -0.39 is 0 Å². The predicted molar refractivity (Wildman–Crippen MR) is 76.2 cm³/mol. The van der Waals surface area contributed by atoms with Gasteiger partial charge in [0.25, 0.3) is 5.91 Å². The Morgan fingerprint density at radius 3 is 2.90 bits per heavy atom. The van der Waals surface area contributed by atoms with Crippen molar-refractivity contribution in [2.45, 2.75) is 13.0 Å². The van der Waals surface area contributed by atoms with Gasteiger partial charge in [-0.3, -0.25) is 14.6 Å². The van der Waals surface area contributed by atoms with Crippen LogP contribution in [0, 0.1) is 0 Å². The third kappa shape index (κ3) is 2.50. The van der Waals surface area contributed by atoms with E-state index in [-0.39, 0.29) is 11.7 Å². The minimum Gasteiger partial charge on any atom is -0.507 e. The molecule has 5 heteroatoms. The van der Waals surface area contributed by atoms with E-state index in [0.29, 0.717) is 36.9 Å². The molecule has 2 heterocycles. The number of carbonyl (C=O) groups excluding carboxylic acids is 2. The molecular formula is C16H14N2O3. The summed E-state index contributed by atoms with van der Waals surface area (Å²) in [6, 6.07) is 6.73. The van der Waals surface area contributed by atoms with Gasteiger partial charge >= 0.3 is 0 Å². The molecule has 0 aliphatic carbocycles. The van der Waals surface area contributed by atoms with Crippen LogP contribution in [0.25, 0.3) is 0 Å². The van der Waals surface area contributed by atoms with Gasteiger partial charge in [-0.2, -0.15) is 0 Å². The Bertz CT molecular complexity index is 698. The number of phenolic OH excluding ortho intramolecular Hbond substituents is 1. The third-order valence-electron chi connectivity index (χ3n) is 3.68. The van der Waals surface area contributed by atoms with Gasteiger partial charge in [0.05, 0.1) is 11.1 Å². The second kappa shape index (κ2) is 5.36. The number of rotatable bonds is 2. The van der Waals surface area contributed by atoms with Crippen molar-refractivity contribution >= 4 is 12.2 Å². The fourth-order valence-corrected chi connectivity index (χ4v) is 2.56. The van der Waals surface area contributed by atoms with Gasteiger partial charge in [0.2, 0.25) is 0 Å². The normalized spacial score (nSPS) is 13.6. The summed E-state index contributed by atoms with van der Waals surface area (Å²) in [6.07, 6.45) is 4.48. The maximum absolute atomic E-state index is 12.4. The molecule has 0 radical (unpaired) electrons. The molecule has 0 spiro atoms. The number of hydrogen-bond donors (Lipinski definition) is 1. The number of benzene rings is 1. The van der Waals surface area contributed by atoms with Crippen LogP contribution in [0.5, 0.6) is 5.75 Å². The van der Waals surface area contributed by atoms with Gasteiger partial charge in [-0.05, 0) is 41.8 Å². The van der Waals surface area contributed by atoms with E-state index in [4.69, 9.17) is 0 Å². The number of fused-ring (bicyclic) bond motifs is 1. The zero-order valence-corrected chi connectivity index (χ0v) is 11.3. The first kappa shape index (κ1) is 13.3. The monoisotopic (exact) mass is 282 g/mol. The Labute approximate surface area is 121 Å². The lowest BCUT2D eigenvalue weighted by Crippen LogP contribution is -2.36. The summed E-state index contributed by atoms with van der Waals surface area (Å²) in [6.45, 7) is 1.01. The van der Waals surface area contributed by atoms with Crippen LogP contribution in [0.3, 0.4) is 0 Å². The molecule has 0 bridgehead atoms. The quantitative estimate of drug-likeness (QED) is 0.853. The highest BCUT2D eigenvalue weighted by Crippen LogP contribution is 2.26. The molecule has 1 aromatic carbocycles. The molecule has 21 heavy (non-hydrogen) atoms. The fourth-order valence-electron chi connectivity index (χ4n) is 2.56. The van der Waals surface area contributed by atoms with Crippen LogP contribution in [0.1, 0.15) is 31.8 Å². The van der Waals surface area contributed by atoms with Crippen LogP contribution < -0.4 is 0 Å². The topological polar surface area (TPSA) is 70.5 Å². The molecule has 106 valence electrons. The van der Waals surface area contributed by atoms with Crippen LogP contribution in [0.15, 0.2) is 36.7 Å². The first-order chi connectivity index (χ1) is 10.2. The molecule has 1 aliphatic heterocycles. The van der Waals surface area contributed by atoms with E-state index in [1.54, 1.807) is 41.6 Å². The fraction of sp³-hybridized carbons (Fsp3) is 0.188. The van der Waals surface area contributed by atoms with Gasteiger partial charge < -0.3 is 10.0 Å². The molecule has 1 aliphatic rings. The Morgan fingerprint density at radius 2 is 2.19 bits per heavy atom. The van der Waals surface area contributed by atoms with E-state index in [1.807, 2.05) is 0 Å². The van der Waals surface area contributed by atoms with Gasteiger partial charge in [0, 0.05) is 25.5 Å². The second-order valence-electron chi connectivity index (χ2n) is 5.02. The van der Waals surface area contributed by atoms with Crippen molar-refractivity contribution in [1.29, 1.82) is 0 Å². The first-order valence-corrected chi connectivity index (χ1v) is 6.68. The lowest BCUT2D eigenvalue weighted by atomic mass is 9.96. The van der Waals surface area contributed by atoms with Crippen molar-refractivity contribution in [3.05, 3.63) is 58.9 Å². The highest BCUT2D eigenvalue weighted by atomic mass is 16.3. The molecule has 0 fully saturated rings. The smallest absolute Gasteiger partial charge is 0.255 e. The molecule has 0 unspecified atom stereocenters. The molecule has 0 saturated heterocycles. The van der Waals surface area contributed by atoms with E-state index in [0.717, 1.165) is 11.1 Å². The van der Waals surface area contributed by atoms with Crippen molar-refractivity contribution in [1.82, 2.24) is 9.88 Å². The Morgan fingerprint density at radius 1 is 1.33 bits per heavy atom. The van der Waals surface area contributed by atoms with Crippen LogP contribution in [-0.2, 0) is 13.0 Å². The number of aldehydes is 1. The maximum atomic E-state index is 12.4. The zero-order chi connectivity index (χ0) is 14.8. The SMILES string of the molecule is O=Cc1cc2c(cc1O)CN(C(=O)c1cccnc1)CC2. The number of carbonyl (C=O) groups is 2. The lowest BCUT2D eigenvalue weighted by molar-refractivity contribution is 0.0733. The maximum Gasteiger partial charge on any atom is 0.255 e. The first-order valence-electron chi connectivity index (χ1n) is 6.68. The number of amides is 1. The van der Waals surface area contributed by atoms with Gasteiger partial charge in [0.1, 0.15) is 5.75 Å². The summed E-state index contributed by atoms with van der Waals surface area (Å²) in [5.41, 5.74) is 2.72. The molecule has 5 nitrogen and oxygen atoms in total. The van der Waals surface area contributed by atoms with Crippen LogP contribution in [-0.4, -0.2) is 33.7 Å². The standard InChI is InChI=1S/C16H14N2O3/c19-10-14-6-11-3-5-18(9-13(11)7-15(14)20)16(21)12-2-1-4-17-8-12/h1-2,4,6-8,10,20H,3,5,9H2. The number of pyridine rings is 1. The number of aromatic nitrogens is 1. The average molecular weight is 282 g/mol. The van der Waals surface area contributed by atoms with Crippen molar-refractivity contribution in [3.8, 4) is 5.75 Å². The Hall–Kier alpha value is -2.69. The van der Waals surface area contributed by atoms with Gasteiger partial charge in [0.15, 0.2) is 6.29 Å². The molecule has 0 atom stereocenters. The van der Waals surface area contributed by atoms with Crippen molar-refractivity contribution in [2.75, 3.05) is 6.54 Å². The summed E-state index contributed by atoms with van der Waals surface area (Å²) < 4.78 is 0. The van der Waals surface area contributed by atoms with E-state index >= 15 is 0 Å². The van der Waals surface area contributed by atoms with Crippen LogP contribution in [0.4, 0.5) is 0 Å². The van der Waals surface area contributed by atoms with Gasteiger partial charge in [-0.25, -0.2) is 0 Å². The average Bonchev–Trinajstić information content (AvgIpc) is 2.53. The van der Waals surface area contributed by atoms with Crippen molar-refractivity contribution in [2.24, 2.45) is 0 Å². The van der Waals surface area contributed by atoms with Crippen molar-refractivity contribution in [3.63, 3.8) is 0 Å². The summed E-state index contributed by atoms with van der Waals surface area (Å²) >= 11 is 0. The zero-order valence-electron chi connectivity index (χ0n) is 11.3. The summed E-state index contributed by atoms with van der Waals surface area (Å²) in [5, 5.41) is 9.76. The molecule has 1 amide bonds. The molecule has 1 aromatic heterocycles. The molecule has 1 N–H and O–H groups in total. The van der Waals surface area contributed by atoms with E-state index in [1.165, 1.54) is 0 Å². The van der Waals surface area contributed by atoms with E-state index in [9.17, 15) is 14.7 Å². The minimum absolute atomic E-state index is 0.0422. The lowest BCUT2D eigenvalue weighted by Gasteiger charge is -2.29. The number of phenols is 1.